The Hall–Kier alpha value is -2.85. The summed E-state index contributed by atoms with van der Waals surface area (Å²) in [6.07, 6.45) is 11.5. The minimum Gasteiger partial charge on any atom is -0.401 e. The Morgan fingerprint density at radius 1 is 1.16 bits per heavy atom. The van der Waals surface area contributed by atoms with Crippen LogP contribution >= 0.6 is 0 Å². The Balaban J connectivity index is 0.00000138. The summed E-state index contributed by atoms with van der Waals surface area (Å²) in [6.45, 7) is 9.02. The Morgan fingerprint density at radius 3 is 2.19 bits per heavy atom. The van der Waals surface area contributed by atoms with E-state index in [1.54, 1.807) is 0 Å². The van der Waals surface area contributed by atoms with Gasteiger partial charge < -0.3 is 21.5 Å². The van der Waals surface area contributed by atoms with Crippen LogP contribution in [0.3, 0.4) is 0 Å². The topological polar surface area (TPSA) is 90.4 Å². The Morgan fingerprint density at radius 2 is 1.71 bits per heavy atom. The van der Waals surface area contributed by atoms with Gasteiger partial charge in [-0.1, -0.05) is 33.8 Å². The molecule has 0 bridgehead atoms. The molecule has 0 aromatic heterocycles. The number of hydrogen-bond donors (Lipinski definition) is 3. The molecule has 1 atom stereocenters. The first-order chi connectivity index (χ1) is 15.0. The fraction of sp³-hybridized carbons (Fsp3) is 0.458. The molecule has 31 heavy (non-hydrogen) atoms. The number of carbonyl (C=O) groups excluding carboxylic acids is 1. The minimum absolute atomic E-state index is 0.0267. The maximum Gasteiger partial charge on any atom is 0.229 e. The zero-order valence-electron chi connectivity index (χ0n) is 18.9. The second kappa shape index (κ2) is 15.0. The van der Waals surface area contributed by atoms with Crippen molar-refractivity contribution in [1.29, 1.82) is 0 Å². The van der Waals surface area contributed by atoms with Crippen molar-refractivity contribution in [2.24, 2.45) is 17.4 Å². The molecule has 1 unspecified atom stereocenters. The largest absolute Gasteiger partial charge is 0.401 e. The summed E-state index contributed by atoms with van der Waals surface area (Å²) in [5.74, 6) is -2.07. The molecule has 2 aliphatic rings. The van der Waals surface area contributed by atoms with Gasteiger partial charge in [-0.3, -0.25) is 4.79 Å². The van der Waals surface area contributed by atoms with Gasteiger partial charge in [0.25, 0.3) is 0 Å². The van der Waals surface area contributed by atoms with E-state index in [1.165, 1.54) is 12.1 Å². The monoisotopic (exact) mass is 435 g/mol. The molecule has 1 amide bonds. The van der Waals surface area contributed by atoms with E-state index in [1.807, 2.05) is 27.7 Å². The van der Waals surface area contributed by atoms with E-state index in [-0.39, 0.29) is 23.2 Å². The molecule has 0 saturated carbocycles. The molecule has 1 aromatic rings. The van der Waals surface area contributed by atoms with E-state index in [0.717, 1.165) is 18.6 Å². The third kappa shape index (κ3) is 7.72. The first-order valence-corrected chi connectivity index (χ1v) is 10.6. The second-order valence-corrected chi connectivity index (χ2v) is 6.36. The average molecular weight is 436 g/mol. The maximum absolute atomic E-state index is 13.9. The molecule has 5 N–H and O–H groups in total. The lowest BCUT2D eigenvalue weighted by atomic mass is 9.85. The van der Waals surface area contributed by atoms with Gasteiger partial charge in [-0.15, -0.1) is 12.8 Å². The van der Waals surface area contributed by atoms with Crippen LogP contribution in [0.1, 0.15) is 52.5 Å². The number of hydrogen-bond acceptors (Lipinski definition) is 4. The highest BCUT2D eigenvalue weighted by Gasteiger charge is 2.30. The Bertz CT molecular complexity index is 764. The van der Waals surface area contributed by atoms with E-state index in [4.69, 9.17) is 16.2 Å². The summed E-state index contributed by atoms with van der Waals surface area (Å²) < 4.78 is 32.8. The molecule has 1 fully saturated rings. The van der Waals surface area contributed by atoms with Gasteiger partial charge in [0.05, 0.1) is 30.7 Å². The first kappa shape index (κ1) is 28.1. The van der Waals surface area contributed by atoms with Crippen molar-refractivity contribution in [3.8, 4) is 12.8 Å². The quantitative estimate of drug-likeness (QED) is 0.621. The average Bonchev–Trinajstić information content (AvgIpc) is 2.76. The van der Waals surface area contributed by atoms with Gasteiger partial charge in [0.1, 0.15) is 11.6 Å². The SMILES string of the molecule is C#C.CC.CC.NC1=C(/C=C(\N)c2c(F)cccc2F)CCCC1C(=O)NC1COC1. The zero-order valence-corrected chi connectivity index (χ0v) is 18.9. The van der Waals surface area contributed by atoms with Crippen molar-refractivity contribution < 1.29 is 18.3 Å². The van der Waals surface area contributed by atoms with Crippen LogP contribution in [0.2, 0.25) is 0 Å². The van der Waals surface area contributed by atoms with Crippen LogP contribution in [0, 0.1) is 30.4 Å². The highest BCUT2D eigenvalue weighted by atomic mass is 19.1. The summed E-state index contributed by atoms with van der Waals surface area (Å²) in [5, 5.41) is 2.89. The lowest BCUT2D eigenvalue weighted by Crippen LogP contribution is -2.51. The lowest BCUT2D eigenvalue weighted by molar-refractivity contribution is -0.128. The molecule has 1 saturated heterocycles. The number of terminal acetylenes is 1. The van der Waals surface area contributed by atoms with Crippen molar-refractivity contribution in [3.63, 3.8) is 0 Å². The van der Waals surface area contributed by atoms with Crippen LogP contribution in [0.25, 0.3) is 5.70 Å². The number of carbonyl (C=O) groups is 1. The third-order valence-electron chi connectivity index (χ3n) is 4.57. The van der Waals surface area contributed by atoms with Crippen molar-refractivity contribution in [3.05, 3.63) is 52.7 Å². The number of allylic oxidation sites excluding steroid dienone is 2. The van der Waals surface area contributed by atoms with Crippen molar-refractivity contribution in [1.82, 2.24) is 5.32 Å². The van der Waals surface area contributed by atoms with Crippen LogP contribution in [0.4, 0.5) is 8.78 Å². The van der Waals surface area contributed by atoms with Gasteiger partial charge in [-0.05, 0) is 43.0 Å². The summed E-state index contributed by atoms with van der Waals surface area (Å²) in [4.78, 5) is 12.4. The molecule has 172 valence electrons. The fourth-order valence-electron chi connectivity index (χ4n) is 3.10. The third-order valence-corrected chi connectivity index (χ3v) is 4.57. The lowest BCUT2D eigenvalue weighted by Gasteiger charge is -2.30. The summed E-state index contributed by atoms with van der Waals surface area (Å²) in [7, 11) is 0. The highest BCUT2D eigenvalue weighted by Crippen LogP contribution is 2.30. The number of nitrogens with one attached hydrogen (secondary N) is 1. The number of ether oxygens (including phenoxy) is 1. The van der Waals surface area contributed by atoms with Crippen molar-refractivity contribution >= 4 is 11.6 Å². The van der Waals surface area contributed by atoms with Gasteiger partial charge in [-0.25, -0.2) is 8.78 Å². The number of amides is 1. The summed E-state index contributed by atoms with van der Waals surface area (Å²) in [5.41, 5.74) is 12.8. The standard InChI is InChI=1S/C18H21F2N3O2.2C2H6.C2H2/c19-13-5-2-6-14(20)16(13)15(21)7-10-3-1-4-12(17(10)22)18(24)23-11-8-25-9-11;3*1-2/h2,5-7,11-12H,1,3-4,8-9,21-22H2,(H,23,24);2*1-2H3;1-2H/b15-7-;;;. The molecular weight excluding hydrogens is 400 g/mol. The zero-order chi connectivity index (χ0) is 24.0. The van der Waals surface area contributed by atoms with Gasteiger partial charge in [0.15, 0.2) is 0 Å². The summed E-state index contributed by atoms with van der Waals surface area (Å²) >= 11 is 0. The molecule has 0 spiro atoms. The molecule has 1 aliphatic carbocycles. The van der Waals surface area contributed by atoms with E-state index < -0.39 is 17.6 Å². The first-order valence-electron chi connectivity index (χ1n) is 10.6. The van der Waals surface area contributed by atoms with Gasteiger partial charge in [-0.2, -0.15) is 0 Å². The minimum atomic E-state index is -0.733. The second-order valence-electron chi connectivity index (χ2n) is 6.36. The molecule has 3 rings (SSSR count). The van der Waals surface area contributed by atoms with E-state index in [0.29, 0.717) is 37.3 Å². The van der Waals surface area contributed by atoms with Crippen LogP contribution in [0.15, 0.2) is 35.5 Å². The van der Waals surface area contributed by atoms with E-state index in [2.05, 4.69) is 18.2 Å². The van der Waals surface area contributed by atoms with Crippen molar-refractivity contribution in [2.45, 2.75) is 53.0 Å². The number of benzene rings is 1. The smallest absolute Gasteiger partial charge is 0.229 e. The van der Waals surface area contributed by atoms with Crippen LogP contribution in [0.5, 0.6) is 0 Å². The fourth-order valence-corrected chi connectivity index (χ4v) is 3.10. The Labute approximate surface area is 184 Å². The molecule has 5 nitrogen and oxygen atoms in total. The number of halogens is 2. The molecule has 1 heterocycles. The van der Waals surface area contributed by atoms with Crippen molar-refractivity contribution in [2.75, 3.05) is 13.2 Å². The van der Waals surface area contributed by atoms with Crippen LogP contribution in [-0.2, 0) is 9.53 Å². The van der Waals surface area contributed by atoms with Crippen LogP contribution in [-0.4, -0.2) is 25.2 Å². The normalized spacial score (nSPS) is 18.1. The molecular formula is C24H35F2N3O2. The number of nitrogens with two attached hydrogens (primary N) is 2. The van der Waals surface area contributed by atoms with E-state index >= 15 is 0 Å². The predicted molar refractivity (Wildman–Crippen MR) is 122 cm³/mol. The maximum atomic E-state index is 13.9. The molecule has 0 radical (unpaired) electrons. The molecule has 7 heteroatoms. The summed E-state index contributed by atoms with van der Waals surface area (Å²) in [6, 6.07) is 3.60. The predicted octanol–water partition coefficient (Wildman–Crippen LogP) is 4.09. The van der Waals surface area contributed by atoms with E-state index in [9.17, 15) is 13.6 Å². The van der Waals surface area contributed by atoms with Gasteiger partial charge in [0.2, 0.25) is 5.91 Å². The molecule has 1 aliphatic heterocycles. The molecule has 1 aromatic carbocycles. The van der Waals surface area contributed by atoms with Gasteiger partial charge in [0, 0.05) is 11.4 Å². The highest BCUT2D eigenvalue weighted by molar-refractivity contribution is 5.82. The van der Waals surface area contributed by atoms with Gasteiger partial charge >= 0.3 is 0 Å². The van der Waals surface area contributed by atoms with Crippen LogP contribution < -0.4 is 16.8 Å². The number of rotatable bonds is 4. The Kier molecular flexibility index (Phi) is 13.6.